The van der Waals surface area contributed by atoms with E-state index in [0.717, 1.165) is 13.0 Å². The highest BCUT2D eigenvalue weighted by Crippen LogP contribution is 2.19. The van der Waals surface area contributed by atoms with Crippen molar-refractivity contribution in [3.8, 4) is 6.07 Å². The van der Waals surface area contributed by atoms with Crippen LogP contribution in [0.1, 0.15) is 22.3 Å². The number of pyridine rings is 1. The molecular weight excluding hydrogens is 302 g/mol. The van der Waals surface area contributed by atoms with Crippen LogP contribution in [-0.4, -0.2) is 43.0 Å². The fourth-order valence-corrected chi connectivity index (χ4v) is 2.17. The number of amides is 1. The van der Waals surface area contributed by atoms with Gasteiger partial charge in [0.25, 0.3) is 5.91 Å². The molecule has 0 saturated carbocycles. The van der Waals surface area contributed by atoms with Gasteiger partial charge in [-0.25, -0.2) is 4.98 Å². The number of rotatable bonds is 7. The van der Waals surface area contributed by atoms with Crippen molar-refractivity contribution >= 4 is 17.4 Å². The lowest BCUT2D eigenvalue weighted by Crippen LogP contribution is -2.27. The number of carbonyl (C=O) groups is 1. The van der Waals surface area contributed by atoms with Gasteiger partial charge >= 0.3 is 0 Å². The van der Waals surface area contributed by atoms with Crippen LogP contribution in [0.3, 0.4) is 0 Å². The van der Waals surface area contributed by atoms with Gasteiger partial charge in [0.15, 0.2) is 0 Å². The number of anilines is 2. The van der Waals surface area contributed by atoms with Gasteiger partial charge in [-0.1, -0.05) is 12.1 Å². The summed E-state index contributed by atoms with van der Waals surface area (Å²) in [5.74, 6) is 0.395. The molecule has 1 aromatic carbocycles. The molecule has 0 saturated heterocycles. The summed E-state index contributed by atoms with van der Waals surface area (Å²) in [6.07, 6.45) is 2.47. The third kappa shape index (κ3) is 5.07. The Hall–Kier alpha value is -2.91. The SMILES string of the molecule is CN(C)CCCNC(=O)c1ccnc(Nc2ccccc2C#N)c1. The van der Waals surface area contributed by atoms with Crippen LogP contribution in [0.15, 0.2) is 42.6 Å². The number of aromatic nitrogens is 1. The molecule has 2 aromatic rings. The molecule has 124 valence electrons. The van der Waals surface area contributed by atoms with Crippen LogP contribution in [0, 0.1) is 11.3 Å². The lowest BCUT2D eigenvalue weighted by Gasteiger charge is -2.11. The van der Waals surface area contributed by atoms with E-state index in [2.05, 4.69) is 26.6 Å². The summed E-state index contributed by atoms with van der Waals surface area (Å²) in [4.78, 5) is 18.5. The van der Waals surface area contributed by atoms with Crippen LogP contribution in [0.5, 0.6) is 0 Å². The molecule has 2 N–H and O–H groups in total. The Morgan fingerprint density at radius 3 is 2.83 bits per heavy atom. The Morgan fingerprint density at radius 1 is 1.29 bits per heavy atom. The van der Waals surface area contributed by atoms with E-state index in [9.17, 15) is 4.79 Å². The smallest absolute Gasteiger partial charge is 0.251 e. The van der Waals surface area contributed by atoms with Gasteiger partial charge in [-0.05, 0) is 51.3 Å². The molecule has 24 heavy (non-hydrogen) atoms. The molecule has 0 atom stereocenters. The average molecular weight is 323 g/mol. The van der Waals surface area contributed by atoms with Crippen LogP contribution in [0.2, 0.25) is 0 Å². The summed E-state index contributed by atoms with van der Waals surface area (Å²) in [7, 11) is 4.00. The number of nitrogens with one attached hydrogen (secondary N) is 2. The third-order valence-corrected chi connectivity index (χ3v) is 3.40. The number of hydrogen-bond acceptors (Lipinski definition) is 5. The molecule has 0 fully saturated rings. The lowest BCUT2D eigenvalue weighted by molar-refractivity contribution is 0.0952. The molecule has 0 bridgehead atoms. The highest BCUT2D eigenvalue weighted by atomic mass is 16.1. The molecule has 0 aliphatic carbocycles. The first-order valence-corrected chi connectivity index (χ1v) is 7.75. The number of carbonyl (C=O) groups excluding carboxylic acids is 1. The van der Waals surface area contributed by atoms with Crippen molar-refractivity contribution in [2.75, 3.05) is 32.5 Å². The predicted octanol–water partition coefficient (Wildman–Crippen LogP) is 2.38. The molecule has 6 heteroatoms. The second-order valence-corrected chi connectivity index (χ2v) is 5.62. The molecule has 6 nitrogen and oxygen atoms in total. The van der Waals surface area contributed by atoms with Crippen molar-refractivity contribution in [1.29, 1.82) is 5.26 Å². The molecule has 1 heterocycles. The molecule has 1 amide bonds. The number of para-hydroxylation sites is 1. The van der Waals surface area contributed by atoms with Gasteiger partial charge in [0.2, 0.25) is 0 Å². The topological polar surface area (TPSA) is 81.1 Å². The zero-order valence-electron chi connectivity index (χ0n) is 13.9. The van der Waals surface area contributed by atoms with Crippen LogP contribution < -0.4 is 10.6 Å². The minimum absolute atomic E-state index is 0.132. The Morgan fingerprint density at radius 2 is 2.08 bits per heavy atom. The zero-order chi connectivity index (χ0) is 17.4. The van der Waals surface area contributed by atoms with Gasteiger partial charge < -0.3 is 15.5 Å². The van der Waals surface area contributed by atoms with Crippen molar-refractivity contribution in [1.82, 2.24) is 15.2 Å². The van der Waals surface area contributed by atoms with E-state index in [-0.39, 0.29) is 5.91 Å². The Labute approximate surface area is 142 Å². The second kappa shape index (κ2) is 8.65. The molecule has 0 radical (unpaired) electrons. The quantitative estimate of drug-likeness (QED) is 0.765. The summed E-state index contributed by atoms with van der Waals surface area (Å²) < 4.78 is 0. The molecule has 2 rings (SSSR count). The van der Waals surface area contributed by atoms with E-state index in [4.69, 9.17) is 5.26 Å². The van der Waals surface area contributed by atoms with Crippen LogP contribution >= 0.6 is 0 Å². The van der Waals surface area contributed by atoms with E-state index >= 15 is 0 Å². The maximum Gasteiger partial charge on any atom is 0.251 e. The minimum atomic E-state index is -0.132. The zero-order valence-corrected chi connectivity index (χ0v) is 13.9. The summed E-state index contributed by atoms with van der Waals surface area (Å²) in [6.45, 7) is 1.55. The van der Waals surface area contributed by atoms with Crippen LogP contribution in [0.4, 0.5) is 11.5 Å². The maximum atomic E-state index is 12.2. The predicted molar refractivity (Wildman–Crippen MR) is 94.2 cm³/mol. The van der Waals surface area contributed by atoms with Gasteiger partial charge in [-0.2, -0.15) is 5.26 Å². The Kier molecular flexibility index (Phi) is 6.29. The molecule has 0 aliphatic rings. The van der Waals surface area contributed by atoms with Crippen molar-refractivity contribution in [2.45, 2.75) is 6.42 Å². The lowest BCUT2D eigenvalue weighted by atomic mass is 10.2. The third-order valence-electron chi connectivity index (χ3n) is 3.40. The standard InChI is InChI=1S/C18H21N5O/c1-23(2)11-5-9-21-18(24)14-8-10-20-17(12-14)22-16-7-4-3-6-15(16)13-19/h3-4,6-8,10,12H,5,9,11H2,1-2H3,(H,20,22)(H,21,24). The molecular formula is C18H21N5O. The molecule has 0 unspecified atom stereocenters. The number of hydrogen-bond donors (Lipinski definition) is 2. The minimum Gasteiger partial charge on any atom is -0.352 e. The van der Waals surface area contributed by atoms with Crippen LogP contribution in [-0.2, 0) is 0 Å². The first-order chi connectivity index (χ1) is 11.6. The van der Waals surface area contributed by atoms with Gasteiger partial charge in [-0.15, -0.1) is 0 Å². The normalized spacial score (nSPS) is 10.2. The molecule has 0 aliphatic heterocycles. The summed E-state index contributed by atoms with van der Waals surface area (Å²) in [5.41, 5.74) is 1.72. The first kappa shape index (κ1) is 17.4. The molecule has 0 spiro atoms. The van der Waals surface area contributed by atoms with E-state index in [1.165, 1.54) is 0 Å². The highest BCUT2D eigenvalue weighted by molar-refractivity contribution is 5.94. The van der Waals surface area contributed by atoms with E-state index < -0.39 is 0 Å². The van der Waals surface area contributed by atoms with Gasteiger partial charge in [-0.3, -0.25) is 4.79 Å². The van der Waals surface area contributed by atoms with E-state index in [0.29, 0.717) is 29.2 Å². The fourth-order valence-electron chi connectivity index (χ4n) is 2.17. The molecule has 1 aromatic heterocycles. The van der Waals surface area contributed by atoms with Crippen LogP contribution in [0.25, 0.3) is 0 Å². The Balaban J connectivity index is 2.01. The van der Waals surface area contributed by atoms with E-state index in [1.807, 2.05) is 20.2 Å². The summed E-state index contributed by atoms with van der Waals surface area (Å²) in [6, 6.07) is 12.6. The monoisotopic (exact) mass is 323 g/mol. The average Bonchev–Trinajstić information content (AvgIpc) is 2.59. The summed E-state index contributed by atoms with van der Waals surface area (Å²) in [5, 5.41) is 15.1. The maximum absolute atomic E-state index is 12.2. The van der Waals surface area contributed by atoms with Gasteiger partial charge in [0.05, 0.1) is 11.3 Å². The van der Waals surface area contributed by atoms with Crippen molar-refractivity contribution in [3.05, 3.63) is 53.7 Å². The summed E-state index contributed by atoms with van der Waals surface area (Å²) >= 11 is 0. The van der Waals surface area contributed by atoms with Crippen molar-refractivity contribution in [2.24, 2.45) is 0 Å². The van der Waals surface area contributed by atoms with Gasteiger partial charge in [0, 0.05) is 18.3 Å². The number of nitriles is 1. The number of benzene rings is 1. The van der Waals surface area contributed by atoms with Crippen molar-refractivity contribution in [3.63, 3.8) is 0 Å². The number of nitrogens with zero attached hydrogens (tertiary/aromatic N) is 3. The highest BCUT2D eigenvalue weighted by Gasteiger charge is 2.08. The van der Waals surface area contributed by atoms with E-state index in [1.54, 1.807) is 36.5 Å². The van der Waals surface area contributed by atoms with Crippen molar-refractivity contribution < 1.29 is 4.79 Å². The first-order valence-electron chi connectivity index (χ1n) is 7.75. The second-order valence-electron chi connectivity index (χ2n) is 5.62. The van der Waals surface area contributed by atoms with Gasteiger partial charge in [0.1, 0.15) is 11.9 Å². The largest absolute Gasteiger partial charge is 0.352 e. The Bertz CT molecular complexity index is 736. The fraction of sp³-hybridized carbons (Fsp3) is 0.278.